The third-order valence-corrected chi connectivity index (χ3v) is 3.84. The van der Waals surface area contributed by atoms with E-state index in [9.17, 15) is 10.1 Å². The summed E-state index contributed by atoms with van der Waals surface area (Å²) >= 11 is 3.42. The number of rotatable bonds is 6. The molecule has 0 spiro atoms. The molecule has 0 fully saturated rings. The Bertz CT molecular complexity index is 921. The topological polar surface area (TPSA) is 77.9 Å². The maximum atomic E-state index is 10.7. The lowest BCUT2D eigenvalue weighted by molar-refractivity contribution is -0.384. The molecular weight excluding hydrogens is 388 g/mol. The van der Waals surface area contributed by atoms with E-state index in [4.69, 9.17) is 9.25 Å². The standard InChI is InChI=1S/C18H13BrN2O4/c19-15-5-2-4-14(10-15)18-8-7-17(25-18)11-20-24-12-13-3-1-6-16(9-13)21(22)23/h1-11H,12H2/b20-11-. The number of oxime groups is 1. The van der Waals surface area contributed by atoms with Gasteiger partial charge in [-0.2, -0.15) is 0 Å². The number of non-ortho nitro benzene ring substituents is 1. The van der Waals surface area contributed by atoms with Crippen LogP contribution in [-0.2, 0) is 11.4 Å². The van der Waals surface area contributed by atoms with Crippen LogP contribution in [0, 0.1) is 10.1 Å². The van der Waals surface area contributed by atoms with Crippen molar-refractivity contribution in [2.45, 2.75) is 6.61 Å². The SMILES string of the molecule is O=[N+]([O-])c1cccc(CO/N=C\c2ccc(-c3cccc(Br)c3)o2)c1. The molecular formula is C18H13BrN2O4. The number of hydrogen-bond acceptors (Lipinski definition) is 5. The first kappa shape index (κ1) is 16.9. The molecule has 0 unspecified atom stereocenters. The van der Waals surface area contributed by atoms with Gasteiger partial charge in [-0.3, -0.25) is 10.1 Å². The average Bonchev–Trinajstić information content (AvgIpc) is 3.08. The van der Waals surface area contributed by atoms with E-state index in [1.165, 1.54) is 18.3 Å². The van der Waals surface area contributed by atoms with Crippen LogP contribution < -0.4 is 0 Å². The lowest BCUT2D eigenvalue weighted by atomic mass is 10.2. The van der Waals surface area contributed by atoms with Gasteiger partial charge in [0, 0.05) is 22.2 Å². The normalized spacial score (nSPS) is 10.9. The Morgan fingerprint density at radius 2 is 2.00 bits per heavy atom. The molecule has 0 aliphatic carbocycles. The molecule has 3 rings (SSSR count). The van der Waals surface area contributed by atoms with Crippen molar-refractivity contribution < 1.29 is 14.2 Å². The molecule has 0 aliphatic rings. The van der Waals surface area contributed by atoms with Crippen LogP contribution in [-0.4, -0.2) is 11.1 Å². The van der Waals surface area contributed by atoms with Crippen LogP contribution in [0.5, 0.6) is 0 Å². The Hall–Kier alpha value is -2.93. The molecule has 1 heterocycles. The predicted octanol–water partition coefficient (Wildman–Crippen LogP) is 5.17. The Morgan fingerprint density at radius 1 is 1.16 bits per heavy atom. The monoisotopic (exact) mass is 400 g/mol. The predicted molar refractivity (Wildman–Crippen MR) is 97.3 cm³/mol. The molecule has 6 nitrogen and oxygen atoms in total. The van der Waals surface area contributed by atoms with Gasteiger partial charge >= 0.3 is 0 Å². The van der Waals surface area contributed by atoms with E-state index >= 15 is 0 Å². The molecule has 0 aliphatic heterocycles. The zero-order valence-electron chi connectivity index (χ0n) is 13.0. The zero-order chi connectivity index (χ0) is 17.6. The highest BCUT2D eigenvalue weighted by atomic mass is 79.9. The summed E-state index contributed by atoms with van der Waals surface area (Å²) in [4.78, 5) is 15.5. The van der Waals surface area contributed by atoms with E-state index in [2.05, 4.69) is 21.1 Å². The minimum atomic E-state index is -0.445. The minimum absolute atomic E-state index is 0.0229. The second-order valence-electron chi connectivity index (χ2n) is 5.15. The Balaban J connectivity index is 1.60. The van der Waals surface area contributed by atoms with Gasteiger partial charge in [0.05, 0.1) is 4.92 Å². The number of furan rings is 1. The second-order valence-corrected chi connectivity index (χ2v) is 6.06. The van der Waals surface area contributed by atoms with Crippen LogP contribution in [0.2, 0.25) is 0 Å². The number of nitrogens with zero attached hydrogens (tertiary/aromatic N) is 2. The molecule has 3 aromatic rings. The van der Waals surface area contributed by atoms with Crippen molar-refractivity contribution in [3.8, 4) is 11.3 Å². The Morgan fingerprint density at radius 3 is 2.80 bits per heavy atom. The molecule has 0 radical (unpaired) electrons. The van der Waals surface area contributed by atoms with Crippen LogP contribution >= 0.6 is 15.9 Å². The molecule has 7 heteroatoms. The van der Waals surface area contributed by atoms with Crippen LogP contribution in [0.3, 0.4) is 0 Å². The van der Waals surface area contributed by atoms with Crippen LogP contribution in [0.4, 0.5) is 5.69 Å². The van der Waals surface area contributed by atoms with Gasteiger partial charge in [-0.1, -0.05) is 45.4 Å². The maximum Gasteiger partial charge on any atom is 0.269 e. The van der Waals surface area contributed by atoms with Crippen molar-refractivity contribution in [1.29, 1.82) is 0 Å². The quantitative estimate of drug-likeness (QED) is 0.324. The molecule has 126 valence electrons. The highest BCUT2D eigenvalue weighted by Gasteiger charge is 2.06. The van der Waals surface area contributed by atoms with Gasteiger partial charge < -0.3 is 9.25 Å². The van der Waals surface area contributed by atoms with E-state index in [0.29, 0.717) is 11.3 Å². The summed E-state index contributed by atoms with van der Waals surface area (Å²) in [5, 5.41) is 14.6. The van der Waals surface area contributed by atoms with Crippen LogP contribution in [0.25, 0.3) is 11.3 Å². The summed E-state index contributed by atoms with van der Waals surface area (Å²) in [7, 11) is 0. The van der Waals surface area contributed by atoms with Crippen LogP contribution in [0.1, 0.15) is 11.3 Å². The first-order valence-electron chi connectivity index (χ1n) is 7.36. The van der Waals surface area contributed by atoms with Crippen molar-refractivity contribution in [2.75, 3.05) is 0 Å². The van der Waals surface area contributed by atoms with Crippen molar-refractivity contribution in [3.63, 3.8) is 0 Å². The van der Waals surface area contributed by atoms with Crippen molar-refractivity contribution in [3.05, 3.63) is 86.6 Å². The molecule has 0 saturated carbocycles. The van der Waals surface area contributed by atoms with E-state index in [1.807, 2.05) is 30.3 Å². The number of nitro groups is 1. The summed E-state index contributed by atoms with van der Waals surface area (Å²) in [6, 6.07) is 17.6. The minimum Gasteiger partial charge on any atom is -0.455 e. The fraction of sp³-hybridized carbons (Fsp3) is 0.0556. The van der Waals surface area contributed by atoms with Crippen molar-refractivity contribution in [2.24, 2.45) is 5.16 Å². The second kappa shape index (κ2) is 7.76. The van der Waals surface area contributed by atoms with E-state index in [1.54, 1.807) is 18.2 Å². The van der Waals surface area contributed by atoms with Gasteiger partial charge in [0.25, 0.3) is 5.69 Å². The number of benzene rings is 2. The molecule has 0 N–H and O–H groups in total. The van der Waals surface area contributed by atoms with Crippen molar-refractivity contribution in [1.82, 2.24) is 0 Å². The molecule has 1 aromatic heterocycles. The summed E-state index contributed by atoms with van der Waals surface area (Å²) in [5.41, 5.74) is 1.64. The first-order valence-corrected chi connectivity index (χ1v) is 8.15. The lowest BCUT2D eigenvalue weighted by Gasteiger charge is -1.99. The van der Waals surface area contributed by atoms with Gasteiger partial charge in [-0.25, -0.2) is 0 Å². The van der Waals surface area contributed by atoms with Gasteiger partial charge in [0.1, 0.15) is 24.3 Å². The number of nitro benzene ring substituents is 1. The van der Waals surface area contributed by atoms with Gasteiger partial charge in [-0.05, 0) is 29.8 Å². The summed E-state index contributed by atoms with van der Waals surface area (Å²) < 4.78 is 6.66. The van der Waals surface area contributed by atoms with E-state index in [-0.39, 0.29) is 12.3 Å². The van der Waals surface area contributed by atoms with Crippen LogP contribution in [0.15, 0.2) is 74.7 Å². The molecule has 2 aromatic carbocycles. The third-order valence-electron chi connectivity index (χ3n) is 3.34. The fourth-order valence-electron chi connectivity index (χ4n) is 2.18. The van der Waals surface area contributed by atoms with Crippen molar-refractivity contribution >= 4 is 27.8 Å². The zero-order valence-corrected chi connectivity index (χ0v) is 14.5. The fourth-order valence-corrected chi connectivity index (χ4v) is 2.58. The average molecular weight is 401 g/mol. The molecule has 0 bridgehead atoms. The number of halogens is 1. The summed E-state index contributed by atoms with van der Waals surface area (Å²) in [5.74, 6) is 1.27. The van der Waals surface area contributed by atoms with Gasteiger partial charge in [0.2, 0.25) is 0 Å². The molecule has 0 saturated heterocycles. The van der Waals surface area contributed by atoms with Gasteiger partial charge in [0.15, 0.2) is 0 Å². The highest BCUT2D eigenvalue weighted by Crippen LogP contribution is 2.24. The highest BCUT2D eigenvalue weighted by molar-refractivity contribution is 9.10. The van der Waals surface area contributed by atoms with E-state index < -0.39 is 4.92 Å². The van der Waals surface area contributed by atoms with E-state index in [0.717, 1.165) is 15.8 Å². The Labute approximate surface area is 152 Å². The molecule has 0 atom stereocenters. The molecule has 25 heavy (non-hydrogen) atoms. The smallest absolute Gasteiger partial charge is 0.269 e. The number of hydrogen-bond donors (Lipinski definition) is 0. The first-order chi connectivity index (χ1) is 12.1. The summed E-state index contributed by atoms with van der Waals surface area (Å²) in [6.07, 6.45) is 1.46. The summed E-state index contributed by atoms with van der Waals surface area (Å²) in [6.45, 7) is 0.136. The Kier molecular flexibility index (Phi) is 5.25. The largest absolute Gasteiger partial charge is 0.455 e. The maximum absolute atomic E-state index is 10.7. The third kappa shape index (κ3) is 4.54. The van der Waals surface area contributed by atoms with Gasteiger partial charge in [-0.15, -0.1) is 0 Å². The lowest BCUT2D eigenvalue weighted by Crippen LogP contribution is -1.92. The molecule has 0 amide bonds.